The number of hydrogen-bond acceptors (Lipinski definition) is 2. The van der Waals surface area contributed by atoms with E-state index in [9.17, 15) is 0 Å². The minimum Gasteiger partial charge on any atom is -0.320 e. The lowest BCUT2D eigenvalue weighted by Crippen LogP contribution is -2.35. The SMILES string of the molecule is CC(=Cn1c2c(c3cc(C)ccc31)CN(C)C(C)C2)c1ccc(C)nc1. The van der Waals surface area contributed by atoms with E-state index in [0.717, 1.165) is 18.7 Å². The second-order valence-corrected chi connectivity index (χ2v) is 7.78. The molecule has 4 rings (SSSR count). The molecule has 0 N–H and O–H groups in total. The van der Waals surface area contributed by atoms with E-state index in [1.165, 1.54) is 38.9 Å². The molecule has 1 aromatic carbocycles. The van der Waals surface area contributed by atoms with Gasteiger partial charge in [0.05, 0.1) is 5.52 Å². The van der Waals surface area contributed by atoms with Gasteiger partial charge < -0.3 is 4.57 Å². The summed E-state index contributed by atoms with van der Waals surface area (Å²) in [5, 5.41) is 1.39. The highest BCUT2D eigenvalue weighted by molar-refractivity contribution is 5.90. The number of fused-ring (bicyclic) bond motifs is 3. The lowest BCUT2D eigenvalue weighted by atomic mass is 9.99. The van der Waals surface area contributed by atoms with E-state index in [1.54, 1.807) is 0 Å². The third kappa shape index (κ3) is 2.86. The van der Waals surface area contributed by atoms with Crippen LogP contribution in [0.2, 0.25) is 0 Å². The third-order valence-corrected chi connectivity index (χ3v) is 5.71. The fraction of sp³-hybridized carbons (Fsp3) is 0.348. The normalized spacial score (nSPS) is 18.3. The molecule has 0 amide bonds. The number of pyridine rings is 1. The van der Waals surface area contributed by atoms with Crippen LogP contribution in [-0.4, -0.2) is 27.5 Å². The lowest BCUT2D eigenvalue weighted by molar-refractivity contribution is 0.230. The van der Waals surface area contributed by atoms with E-state index in [1.807, 2.05) is 13.1 Å². The molecule has 0 aliphatic carbocycles. The van der Waals surface area contributed by atoms with Crippen LogP contribution < -0.4 is 0 Å². The maximum Gasteiger partial charge on any atom is 0.0529 e. The standard InChI is InChI=1S/C23H27N3/c1-15-6-9-22-20(10-15)21-14-25(5)18(4)11-23(21)26(22)13-16(2)19-8-7-17(3)24-12-19/h6-10,12-13,18H,11,14H2,1-5H3. The van der Waals surface area contributed by atoms with Crippen LogP contribution in [0.15, 0.2) is 36.5 Å². The van der Waals surface area contributed by atoms with Gasteiger partial charge in [-0.15, -0.1) is 0 Å². The molecular formula is C23H27N3. The smallest absolute Gasteiger partial charge is 0.0529 e. The summed E-state index contributed by atoms with van der Waals surface area (Å²) in [4.78, 5) is 6.91. The van der Waals surface area contributed by atoms with Crippen molar-refractivity contribution in [1.82, 2.24) is 14.5 Å². The van der Waals surface area contributed by atoms with Gasteiger partial charge in [-0.25, -0.2) is 0 Å². The van der Waals surface area contributed by atoms with Crippen molar-refractivity contribution in [3.63, 3.8) is 0 Å². The molecule has 26 heavy (non-hydrogen) atoms. The number of hydrogen-bond donors (Lipinski definition) is 0. The minimum atomic E-state index is 0.557. The first kappa shape index (κ1) is 17.0. The van der Waals surface area contributed by atoms with E-state index in [0.29, 0.717) is 6.04 Å². The van der Waals surface area contributed by atoms with E-state index in [4.69, 9.17) is 0 Å². The number of likely N-dealkylation sites (N-methyl/N-ethyl adjacent to an activating group) is 1. The van der Waals surface area contributed by atoms with Crippen LogP contribution >= 0.6 is 0 Å². The third-order valence-electron chi connectivity index (χ3n) is 5.71. The van der Waals surface area contributed by atoms with Crippen LogP contribution in [0.3, 0.4) is 0 Å². The van der Waals surface area contributed by atoms with Crippen LogP contribution in [0.4, 0.5) is 0 Å². The van der Waals surface area contributed by atoms with Crippen molar-refractivity contribution < 1.29 is 0 Å². The quantitative estimate of drug-likeness (QED) is 0.648. The second kappa shape index (κ2) is 6.40. The Kier molecular flexibility index (Phi) is 4.20. The Morgan fingerprint density at radius 2 is 2.00 bits per heavy atom. The summed E-state index contributed by atoms with van der Waals surface area (Å²) >= 11 is 0. The number of aromatic nitrogens is 2. The van der Waals surface area contributed by atoms with Crippen molar-refractivity contribution in [3.05, 3.63) is 64.6 Å². The Hall–Kier alpha value is -2.39. The largest absolute Gasteiger partial charge is 0.320 e. The lowest BCUT2D eigenvalue weighted by Gasteiger charge is -2.30. The maximum atomic E-state index is 4.46. The van der Waals surface area contributed by atoms with Crippen LogP contribution in [0.25, 0.3) is 22.7 Å². The Morgan fingerprint density at radius 1 is 1.19 bits per heavy atom. The molecule has 3 heterocycles. The highest BCUT2D eigenvalue weighted by Gasteiger charge is 2.26. The first-order chi connectivity index (χ1) is 12.4. The van der Waals surface area contributed by atoms with Gasteiger partial charge in [-0.1, -0.05) is 17.7 Å². The summed E-state index contributed by atoms with van der Waals surface area (Å²) in [5.74, 6) is 0. The van der Waals surface area contributed by atoms with Gasteiger partial charge in [0, 0.05) is 48.2 Å². The Bertz CT molecular complexity index is 992. The van der Waals surface area contributed by atoms with Gasteiger partial charge in [-0.2, -0.15) is 0 Å². The molecule has 3 heteroatoms. The molecule has 1 aliphatic rings. The predicted octanol–water partition coefficient (Wildman–Crippen LogP) is 5.05. The molecule has 0 spiro atoms. The van der Waals surface area contributed by atoms with E-state index in [2.05, 4.69) is 78.8 Å². The monoisotopic (exact) mass is 345 g/mol. The van der Waals surface area contributed by atoms with Gasteiger partial charge >= 0.3 is 0 Å². The Balaban J connectivity index is 1.90. The van der Waals surface area contributed by atoms with Gasteiger partial charge in [0.25, 0.3) is 0 Å². The molecule has 3 nitrogen and oxygen atoms in total. The molecule has 134 valence electrons. The molecule has 1 aliphatic heterocycles. The number of rotatable bonds is 2. The van der Waals surface area contributed by atoms with Crippen molar-refractivity contribution >= 4 is 22.7 Å². The molecule has 0 fully saturated rings. The molecule has 0 saturated carbocycles. The minimum absolute atomic E-state index is 0.557. The highest BCUT2D eigenvalue weighted by Crippen LogP contribution is 2.34. The Labute approximate surface area is 156 Å². The molecule has 0 bridgehead atoms. The summed E-state index contributed by atoms with van der Waals surface area (Å²) in [7, 11) is 2.23. The number of nitrogens with zero attached hydrogens (tertiary/aromatic N) is 3. The zero-order valence-corrected chi connectivity index (χ0v) is 16.4. The summed E-state index contributed by atoms with van der Waals surface area (Å²) in [6.45, 7) is 9.71. The summed E-state index contributed by atoms with van der Waals surface area (Å²) in [5.41, 5.74) is 9.04. The van der Waals surface area contributed by atoms with Crippen molar-refractivity contribution in [2.24, 2.45) is 0 Å². The zero-order valence-electron chi connectivity index (χ0n) is 16.4. The van der Waals surface area contributed by atoms with E-state index in [-0.39, 0.29) is 0 Å². The predicted molar refractivity (Wildman–Crippen MR) is 110 cm³/mol. The second-order valence-electron chi connectivity index (χ2n) is 7.78. The van der Waals surface area contributed by atoms with Gasteiger partial charge in [-0.3, -0.25) is 9.88 Å². The number of benzene rings is 1. The fourth-order valence-corrected chi connectivity index (χ4v) is 3.90. The maximum absolute atomic E-state index is 4.46. The summed E-state index contributed by atoms with van der Waals surface area (Å²) in [6.07, 6.45) is 5.34. The number of aryl methyl sites for hydroxylation is 2. The van der Waals surface area contributed by atoms with Crippen molar-refractivity contribution in [1.29, 1.82) is 0 Å². The summed E-state index contributed by atoms with van der Waals surface area (Å²) < 4.78 is 2.42. The topological polar surface area (TPSA) is 21.1 Å². The molecule has 3 aromatic rings. The van der Waals surface area contributed by atoms with Crippen molar-refractivity contribution in [2.45, 2.75) is 46.7 Å². The van der Waals surface area contributed by atoms with E-state index < -0.39 is 0 Å². The zero-order chi connectivity index (χ0) is 18.4. The van der Waals surface area contributed by atoms with E-state index >= 15 is 0 Å². The van der Waals surface area contributed by atoms with Crippen molar-refractivity contribution in [2.75, 3.05) is 7.05 Å². The van der Waals surface area contributed by atoms with Crippen LogP contribution in [0, 0.1) is 13.8 Å². The Morgan fingerprint density at radius 3 is 2.73 bits per heavy atom. The molecule has 1 unspecified atom stereocenters. The molecule has 0 saturated heterocycles. The average molecular weight is 345 g/mol. The van der Waals surface area contributed by atoms with Crippen molar-refractivity contribution in [3.8, 4) is 0 Å². The van der Waals surface area contributed by atoms with Gasteiger partial charge in [0.1, 0.15) is 0 Å². The van der Waals surface area contributed by atoms with Crippen LogP contribution in [0.5, 0.6) is 0 Å². The molecular weight excluding hydrogens is 318 g/mol. The highest BCUT2D eigenvalue weighted by atomic mass is 15.1. The first-order valence-corrected chi connectivity index (χ1v) is 9.38. The van der Waals surface area contributed by atoms with Crippen LogP contribution in [-0.2, 0) is 13.0 Å². The van der Waals surface area contributed by atoms with Gasteiger partial charge in [-0.05, 0) is 69.6 Å². The summed E-state index contributed by atoms with van der Waals surface area (Å²) in [6, 6.07) is 11.6. The van der Waals surface area contributed by atoms with Gasteiger partial charge in [0.2, 0.25) is 0 Å². The first-order valence-electron chi connectivity index (χ1n) is 9.38. The molecule has 2 aromatic heterocycles. The average Bonchev–Trinajstić information content (AvgIpc) is 2.88. The molecule has 1 atom stereocenters. The van der Waals surface area contributed by atoms with Crippen LogP contribution in [0.1, 0.15) is 41.9 Å². The van der Waals surface area contributed by atoms with Gasteiger partial charge in [0.15, 0.2) is 0 Å². The molecule has 0 radical (unpaired) electrons. The fourth-order valence-electron chi connectivity index (χ4n) is 3.90. The number of allylic oxidation sites excluding steroid dienone is 1.